The Hall–Kier alpha value is -2.66. The van der Waals surface area contributed by atoms with E-state index in [0.717, 1.165) is 12.8 Å². The first-order valence-electron chi connectivity index (χ1n) is 13.1. The summed E-state index contributed by atoms with van der Waals surface area (Å²) in [4.78, 5) is 25.2. The van der Waals surface area contributed by atoms with Gasteiger partial charge in [-0.1, -0.05) is 77.1 Å². The zero-order chi connectivity index (χ0) is 25.5. The molecule has 0 saturated heterocycles. The Bertz CT molecular complexity index is 952. The molecule has 2 rings (SSSR count). The number of nitrogens with two attached hydrogens (primary N) is 1. The lowest BCUT2D eigenvalue weighted by Gasteiger charge is -2.26. The molecule has 1 unspecified atom stereocenters. The van der Waals surface area contributed by atoms with Gasteiger partial charge in [0.1, 0.15) is 17.9 Å². The maximum Gasteiger partial charge on any atom is 0.305 e. The van der Waals surface area contributed by atoms with Crippen LogP contribution in [0, 0.1) is 19.3 Å². The Morgan fingerprint density at radius 1 is 1.09 bits per heavy atom. The molecule has 8 nitrogen and oxygen atoms in total. The van der Waals surface area contributed by atoms with Crippen LogP contribution in [0.2, 0.25) is 0 Å². The minimum atomic E-state index is -1.02. The average Bonchev–Trinajstić information content (AvgIpc) is 3.26. The molecule has 2 heterocycles. The van der Waals surface area contributed by atoms with Crippen LogP contribution >= 0.6 is 0 Å². The molecular formula is C27H43N5O3. The second-order valence-electron chi connectivity index (χ2n) is 9.31. The highest BCUT2D eigenvalue weighted by Crippen LogP contribution is 2.21. The van der Waals surface area contributed by atoms with Crippen molar-refractivity contribution in [3.05, 3.63) is 12.2 Å². The summed E-state index contributed by atoms with van der Waals surface area (Å²) in [5.41, 5.74) is 6.13. The summed E-state index contributed by atoms with van der Waals surface area (Å²) < 4.78 is 13.0. The fraction of sp³-hybridized carbons (Fsp3) is 0.704. The number of terminal acetylenes is 1. The number of hydrogen-bond donors (Lipinski definition) is 1. The summed E-state index contributed by atoms with van der Waals surface area (Å²) >= 11 is 0. The lowest BCUT2D eigenvalue weighted by atomic mass is 10.0. The minimum absolute atomic E-state index is 0.0135. The van der Waals surface area contributed by atoms with Crippen LogP contribution in [0.25, 0.3) is 11.2 Å². The third-order valence-electron chi connectivity index (χ3n) is 6.46. The number of aromatic nitrogens is 4. The third-order valence-corrected chi connectivity index (χ3v) is 6.46. The predicted molar refractivity (Wildman–Crippen MR) is 140 cm³/mol. The van der Waals surface area contributed by atoms with Crippen molar-refractivity contribution in [2.24, 2.45) is 0 Å². The molecule has 0 radical (unpaired) electrons. The molecule has 8 heteroatoms. The van der Waals surface area contributed by atoms with Gasteiger partial charge in [0.2, 0.25) is 0 Å². The molecule has 194 valence electrons. The molecule has 2 aromatic rings. The lowest BCUT2D eigenvalue weighted by molar-refractivity contribution is -0.150. The van der Waals surface area contributed by atoms with Crippen molar-refractivity contribution in [2.45, 2.75) is 109 Å². The number of unbranched alkanes of at least 4 members (excludes halogenated alkanes) is 10. The zero-order valence-electron chi connectivity index (χ0n) is 21.9. The standard InChI is InChI=1S/C27H43N5O3/c1-5-7-8-9-10-11-12-13-14-15-16-17-23(33)35-20-27(6-2,34-4)18-19-32-21-29-24-25(28)30-22(3)31-26(24)32/h2,21H,5,7-20H2,1,3-4H3,(H2,28,30,31). The largest absolute Gasteiger partial charge is 0.462 e. The molecule has 35 heavy (non-hydrogen) atoms. The molecule has 0 aliphatic rings. The molecule has 0 aliphatic heterocycles. The Morgan fingerprint density at radius 2 is 1.71 bits per heavy atom. The van der Waals surface area contributed by atoms with Gasteiger partial charge >= 0.3 is 5.97 Å². The van der Waals surface area contributed by atoms with E-state index in [2.05, 4.69) is 27.8 Å². The van der Waals surface area contributed by atoms with E-state index in [1.165, 1.54) is 64.9 Å². The van der Waals surface area contributed by atoms with E-state index in [4.69, 9.17) is 21.6 Å². The average molecular weight is 486 g/mol. The summed E-state index contributed by atoms with van der Waals surface area (Å²) in [5.74, 6) is 3.36. The number of carbonyl (C=O) groups is 1. The molecule has 0 aromatic carbocycles. The van der Waals surface area contributed by atoms with Crippen molar-refractivity contribution in [2.75, 3.05) is 19.5 Å². The number of anilines is 1. The number of esters is 1. The van der Waals surface area contributed by atoms with Crippen LogP contribution in [0.15, 0.2) is 6.33 Å². The third kappa shape index (κ3) is 9.48. The van der Waals surface area contributed by atoms with Crippen LogP contribution in [0.4, 0.5) is 5.82 Å². The van der Waals surface area contributed by atoms with E-state index in [1.807, 2.05) is 4.57 Å². The highest BCUT2D eigenvalue weighted by molar-refractivity contribution is 5.81. The van der Waals surface area contributed by atoms with Crippen molar-refractivity contribution in [3.8, 4) is 12.3 Å². The summed E-state index contributed by atoms with van der Waals surface area (Å²) in [6.07, 6.45) is 21.9. The number of nitrogens with zero attached hydrogens (tertiary/aromatic N) is 4. The van der Waals surface area contributed by atoms with Crippen molar-refractivity contribution < 1.29 is 14.3 Å². The topological polar surface area (TPSA) is 105 Å². The fourth-order valence-corrected chi connectivity index (χ4v) is 4.15. The van der Waals surface area contributed by atoms with Crippen LogP contribution in [0.5, 0.6) is 0 Å². The molecular weight excluding hydrogens is 442 g/mol. The molecule has 0 spiro atoms. The summed E-state index contributed by atoms with van der Waals surface area (Å²) in [7, 11) is 1.54. The quantitative estimate of drug-likeness (QED) is 0.172. The second-order valence-corrected chi connectivity index (χ2v) is 9.31. The minimum Gasteiger partial charge on any atom is -0.462 e. The van der Waals surface area contributed by atoms with Crippen molar-refractivity contribution in [1.29, 1.82) is 0 Å². The van der Waals surface area contributed by atoms with Crippen LogP contribution in [-0.4, -0.2) is 44.8 Å². The molecule has 0 bridgehead atoms. The first-order valence-corrected chi connectivity index (χ1v) is 13.1. The molecule has 0 aliphatic carbocycles. The maximum atomic E-state index is 12.3. The number of nitrogen functional groups attached to an aromatic ring is 1. The van der Waals surface area contributed by atoms with Gasteiger partial charge in [0.15, 0.2) is 17.1 Å². The Labute approximate surface area is 210 Å². The first-order chi connectivity index (χ1) is 16.9. The Kier molecular flexibility index (Phi) is 12.5. The molecule has 0 saturated carbocycles. The predicted octanol–water partition coefficient (Wildman–Crippen LogP) is 5.37. The molecule has 1 atom stereocenters. The zero-order valence-corrected chi connectivity index (χ0v) is 21.9. The monoisotopic (exact) mass is 485 g/mol. The first kappa shape index (κ1) is 28.6. The number of imidazole rings is 1. The van der Waals surface area contributed by atoms with Gasteiger partial charge in [-0.25, -0.2) is 15.0 Å². The molecule has 0 fully saturated rings. The second kappa shape index (κ2) is 15.4. The van der Waals surface area contributed by atoms with Gasteiger partial charge in [-0.2, -0.15) is 0 Å². The van der Waals surface area contributed by atoms with Gasteiger partial charge in [-0.15, -0.1) is 6.42 Å². The van der Waals surface area contributed by atoms with Crippen molar-refractivity contribution in [3.63, 3.8) is 0 Å². The van der Waals surface area contributed by atoms with Crippen LogP contribution in [-0.2, 0) is 20.8 Å². The van der Waals surface area contributed by atoms with E-state index in [1.54, 1.807) is 13.3 Å². The summed E-state index contributed by atoms with van der Waals surface area (Å²) in [6, 6.07) is 0. The summed E-state index contributed by atoms with van der Waals surface area (Å²) in [6.45, 7) is 4.53. The number of ether oxygens (including phenoxy) is 2. The fourth-order valence-electron chi connectivity index (χ4n) is 4.15. The lowest BCUT2D eigenvalue weighted by Crippen LogP contribution is -2.37. The van der Waals surface area contributed by atoms with Gasteiger partial charge in [-0.05, 0) is 13.3 Å². The molecule has 2 N–H and O–H groups in total. The van der Waals surface area contributed by atoms with Gasteiger partial charge in [0.05, 0.1) is 6.33 Å². The van der Waals surface area contributed by atoms with Crippen molar-refractivity contribution >= 4 is 23.0 Å². The van der Waals surface area contributed by atoms with Gasteiger partial charge in [-0.3, -0.25) is 4.79 Å². The number of rotatable bonds is 18. The number of aryl methyl sites for hydroxylation is 2. The van der Waals surface area contributed by atoms with Crippen LogP contribution < -0.4 is 5.73 Å². The SMILES string of the molecule is C#CC(CCn1cnc2c(N)nc(C)nc21)(COC(=O)CCCCCCCCCCCCC)OC. The van der Waals surface area contributed by atoms with E-state index in [-0.39, 0.29) is 12.6 Å². The van der Waals surface area contributed by atoms with Gasteiger partial charge in [0.25, 0.3) is 0 Å². The van der Waals surface area contributed by atoms with Crippen molar-refractivity contribution in [1.82, 2.24) is 19.5 Å². The number of carbonyl (C=O) groups excluding carboxylic acids is 1. The Balaban J connectivity index is 1.68. The summed E-state index contributed by atoms with van der Waals surface area (Å²) in [5, 5.41) is 0. The Morgan fingerprint density at radius 3 is 2.31 bits per heavy atom. The van der Waals surface area contributed by atoms with Gasteiger partial charge in [0, 0.05) is 26.5 Å². The smallest absolute Gasteiger partial charge is 0.305 e. The van der Waals surface area contributed by atoms with Crippen LogP contribution in [0.3, 0.4) is 0 Å². The van der Waals surface area contributed by atoms with Gasteiger partial charge < -0.3 is 19.8 Å². The van der Waals surface area contributed by atoms with E-state index in [0.29, 0.717) is 42.2 Å². The maximum absolute atomic E-state index is 12.3. The van der Waals surface area contributed by atoms with Crippen LogP contribution in [0.1, 0.15) is 96.2 Å². The number of hydrogen-bond acceptors (Lipinski definition) is 7. The molecule has 0 amide bonds. The number of methoxy groups -OCH3 is 1. The van der Waals surface area contributed by atoms with E-state index >= 15 is 0 Å². The molecule has 2 aromatic heterocycles. The number of fused-ring (bicyclic) bond motifs is 1. The van der Waals surface area contributed by atoms with E-state index in [9.17, 15) is 4.79 Å². The highest BCUT2D eigenvalue weighted by Gasteiger charge is 2.29. The highest BCUT2D eigenvalue weighted by atomic mass is 16.6. The normalized spacial score (nSPS) is 13.0. The van der Waals surface area contributed by atoms with E-state index < -0.39 is 5.60 Å².